The summed E-state index contributed by atoms with van der Waals surface area (Å²) in [5.41, 5.74) is 2.70. The van der Waals surface area contributed by atoms with Crippen LogP contribution in [0.25, 0.3) is 10.9 Å². The first kappa shape index (κ1) is 11.2. The van der Waals surface area contributed by atoms with Gasteiger partial charge < -0.3 is 4.90 Å². The molecule has 0 amide bonds. The van der Waals surface area contributed by atoms with Crippen LogP contribution < -0.4 is 0 Å². The molecule has 0 atom stereocenters. The molecule has 1 aromatic carbocycles. The third-order valence-corrected chi connectivity index (χ3v) is 4.21. The number of fused-ring (bicyclic) bond motifs is 1. The van der Waals surface area contributed by atoms with Gasteiger partial charge in [0.25, 0.3) is 0 Å². The highest BCUT2D eigenvalue weighted by atomic mass is 32.1. The summed E-state index contributed by atoms with van der Waals surface area (Å²) in [6.07, 6.45) is 4.72. The molecule has 3 rings (SSSR count). The zero-order chi connectivity index (χ0) is 11.8. The van der Waals surface area contributed by atoms with Crippen molar-refractivity contribution in [3.63, 3.8) is 0 Å². The SMILES string of the molecule is CN1CCC(c2cn(S)c3ccccc23)CC1. The van der Waals surface area contributed by atoms with E-state index in [-0.39, 0.29) is 0 Å². The van der Waals surface area contributed by atoms with Gasteiger partial charge in [-0.1, -0.05) is 31.0 Å². The summed E-state index contributed by atoms with van der Waals surface area (Å²) in [5.74, 6) is 0.699. The van der Waals surface area contributed by atoms with Crippen molar-refractivity contribution in [1.82, 2.24) is 8.87 Å². The Morgan fingerprint density at radius 2 is 1.88 bits per heavy atom. The summed E-state index contributed by atoms with van der Waals surface area (Å²) in [6.45, 7) is 2.41. The Morgan fingerprint density at radius 3 is 2.65 bits per heavy atom. The first-order valence-electron chi connectivity index (χ1n) is 6.23. The van der Waals surface area contributed by atoms with Gasteiger partial charge in [0.2, 0.25) is 0 Å². The Morgan fingerprint density at radius 1 is 1.18 bits per heavy atom. The van der Waals surface area contributed by atoms with Crippen molar-refractivity contribution in [2.75, 3.05) is 20.1 Å². The Kier molecular flexibility index (Phi) is 2.89. The number of likely N-dealkylation sites (tertiary alicyclic amines) is 1. The minimum Gasteiger partial charge on any atom is -0.306 e. The van der Waals surface area contributed by atoms with E-state index < -0.39 is 0 Å². The predicted octanol–water partition coefficient (Wildman–Crippen LogP) is 3.14. The molecule has 2 aromatic rings. The molecule has 3 heteroatoms. The van der Waals surface area contributed by atoms with E-state index in [0.717, 1.165) is 0 Å². The van der Waals surface area contributed by atoms with E-state index in [1.54, 1.807) is 0 Å². The van der Waals surface area contributed by atoms with Crippen LogP contribution in [-0.2, 0) is 0 Å². The first-order valence-corrected chi connectivity index (χ1v) is 6.63. The van der Waals surface area contributed by atoms with Crippen LogP contribution in [0.5, 0.6) is 0 Å². The molecule has 1 aliphatic heterocycles. The predicted molar refractivity (Wildman–Crippen MR) is 75.8 cm³/mol. The van der Waals surface area contributed by atoms with Gasteiger partial charge in [-0.2, -0.15) is 0 Å². The van der Waals surface area contributed by atoms with Crippen molar-refractivity contribution in [2.45, 2.75) is 18.8 Å². The smallest absolute Gasteiger partial charge is 0.0591 e. The first-order chi connectivity index (χ1) is 8.25. The van der Waals surface area contributed by atoms with Crippen LogP contribution >= 0.6 is 12.8 Å². The maximum Gasteiger partial charge on any atom is 0.0591 e. The molecule has 0 radical (unpaired) electrons. The lowest BCUT2D eigenvalue weighted by molar-refractivity contribution is 0.256. The number of hydrogen-bond acceptors (Lipinski definition) is 2. The summed E-state index contributed by atoms with van der Waals surface area (Å²) < 4.78 is 1.96. The van der Waals surface area contributed by atoms with E-state index in [9.17, 15) is 0 Å². The van der Waals surface area contributed by atoms with Gasteiger partial charge in [0.05, 0.1) is 5.52 Å². The van der Waals surface area contributed by atoms with Gasteiger partial charge in [-0.3, -0.25) is 3.97 Å². The summed E-state index contributed by atoms with van der Waals surface area (Å²) >= 11 is 4.51. The van der Waals surface area contributed by atoms with E-state index >= 15 is 0 Å². The zero-order valence-electron chi connectivity index (χ0n) is 10.1. The maximum absolute atomic E-state index is 4.51. The second-order valence-corrected chi connectivity index (χ2v) is 5.45. The summed E-state index contributed by atoms with van der Waals surface area (Å²) in [6, 6.07) is 8.55. The van der Waals surface area contributed by atoms with Crippen molar-refractivity contribution < 1.29 is 0 Å². The molecule has 90 valence electrons. The summed E-state index contributed by atoms with van der Waals surface area (Å²) in [7, 11) is 2.21. The van der Waals surface area contributed by atoms with Gasteiger partial charge >= 0.3 is 0 Å². The fraction of sp³-hybridized carbons (Fsp3) is 0.429. The highest BCUT2D eigenvalue weighted by molar-refractivity contribution is 7.78. The summed E-state index contributed by atoms with van der Waals surface area (Å²) in [4.78, 5) is 2.41. The molecule has 0 N–H and O–H groups in total. The normalized spacial score (nSPS) is 18.9. The Hall–Kier alpha value is -0.930. The number of nitrogens with zero attached hydrogens (tertiary/aromatic N) is 2. The highest BCUT2D eigenvalue weighted by Gasteiger charge is 2.21. The molecule has 17 heavy (non-hydrogen) atoms. The number of hydrogen-bond donors (Lipinski definition) is 1. The van der Waals surface area contributed by atoms with E-state index in [0.29, 0.717) is 5.92 Å². The molecule has 1 aromatic heterocycles. The average Bonchev–Trinajstić information content (AvgIpc) is 2.69. The van der Waals surface area contributed by atoms with Gasteiger partial charge in [-0.05, 0) is 50.5 Å². The van der Waals surface area contributed by atoms with Crippen LogP contribution in [0.15, 0.2) is 30.5 Å². The second-order valence-electron chi connectivity index (χ2n) is 5.02. The Balaban J connectivity index is 2.00. The number of para-hydroxylation sites is 1. The van der Waals surface area contributed by atoms with E-state index in [1.165, 1.54) is 42.4 Å². The minimum absolute atomic E-state index is 0.699. The molecule has 2 heterocycles. The molecule has 1 saturated heterocycles. The van der Waals surface area contributed by atoms with Crippen LogP contribution in [0, 0.1) is 0 Å². The average molecular weight is 246 g/mol. The number of thiol groups is 1. The molecule has 1 aliphatic rings. The number of piperidine rings is 1. The van der Waals surface area contributed by atoms with Crippen molar-refractivity contribution in [3.05, 3.63) is 36.0 Å². The standard InChI is InChI=1S/C14H18N2S/c1-15-8-6-11(7-9-15)13-10-16(17)14-5-3-2-4-12(13)14/h2-5,10-11,17H,6-9H2,1H3. The molecule has 2 nitrogen and oxygen atoms in total. The van der Waals surface area contributed by atoms with Crippen LogP contribution in [0.2, 0.25) is 0 Å². The lowest BCUT2D eigenvalue weighted by Gasteiger charge is -2.28. The third-order valence-electron chi connectivity index (χ3n) is 3.88. The van der Waals surface area contributed by atoms with Crippen LogP contribution in [0.3, 0.4) is 0 Å². The molecule has 1 fully saturated rings. The monoisotopic (exact) mass is 246 g/mol. The van der Waals surface area contributed by atoms with E-state index in [1.807, 2.05) is 3.97 Å². The largest absolute Gasteiger partial charge is 0.306 e. The molecule has 0 saturated carbocycles. The minimum atomic E-state index is 0.699. The quantitative estimate of drug-likeness (QED) is 0.760. The van der Waals surface area contributed by atoms with Crippen LogP contribution in [-0.4, -0.2) is 29.0 Å². The number of rotatable bonds is 1. The van der Waals surface area contributed by atoms with Gasteiger partial charge in [0.1, 0.15) is 0 Å². The topological polar surface area (TPSA) is 8.17 Å². The molecule has 0 spiro atoms. The number of aromatic nitrogens is 1. The molecular formula is C14H18N2S. The molecule has 0 unspecified atom stereocenters. The summed E-state index contributed by atoms with van der Waals surface area (Å²) in [5, 5.41) is 1.37. The second kappa shape index (κ2) is 4.39. The van der Waals surface area contributed by atoms with E-state index in [4.69, 9.17) is 0 Å². The van der Waals surface area contributed by atoms with Crippen molar-refractivity contribution in [3.8, 4) is 0 Å². The van der Waals surface area contributed by atoms with Crippen molar-refractivity contribution >= 4 is 23.7 Å². The number of benzene rings is 1. The fourth-order valence-corrected chi connectivity index (χ4v) is 3.13. The maximum atomic E-state index is 4.51. The van der Waals surface area contributed by atoms with Crippen LogP contribution in [0.4, 0.5) is 0 Å². The van der Waals surface area contributed by atoms with Crippen molar-refractivity contribution in [2.24, 2.45) is 0 Å². The zero-order valence-corrected chi connectivity index (χ0v) is 11.0. The molecule has 0 aliphatic carbocycles. The van der Waals surface area contributed by atoms with E-state index in [2.05, 4.69) is 55.2 Å². The molecule has 0 bridgehead atoms. The Labute approximate surface area is 108 Å². The van der Waals surface area contributed by atoms with Crippen LogP contribution in [0.1, 0.15) is 24.3 Å². The lowest BCUT2D eigenvalue weighted by Crippen LogP contribution is -2.29. The fourth-order valence-electron chi connectivity index (χ4n) is 2.83. The highest BCUT2D eigenvalue weighted by Crippen LogP contribution is 2.34. The third kappa shape index (κ3) is 1.98. The van der Waals surface area contributed by atoms with Gasteiger partial charge in [0.15, 0.2) is 0 Å². The Bertz CT molecular complexity index is 524. The van der Waals surface area contributed by atoms with Gasteiger partial charge in [0, 0.05) is 11.6 Å². The lowest BCUT2D eigenvalue weighted by atomic mass is 9.89. The van der Waals surface area contributed by atoms with Crippen molar-refractivity contribution in [1.29, 1.82) is 0 Å². The van der Waals surface area contributed by atoms with Gasteiger partial charge in [-0.25, -0.2) is 0 Å². The van der Waals surface area contributed by atoms with Gasteiger partial charge in [-0.15, -0.1) is 0 Å². The molecular weight excluding hydrogens is 228 g/mol.